The summed E-state index contributed by atoms with van der Waals surface area (Å²) in [6, 6.07) is 9.81. The van der Waals surface area contributed by atoms with Crippen LogP contribution in [0.3, 0.4) is 0 Å². The number of aromatic nitrogens is 1. The number of nitrogens with zero attached hydrogens (tertiary/aromatic N) is 1. The summed E-state index contributed by atoms with van der Waals surface area (Å²) in [7, 11) is 0. The van der Waals surface area contributed by atoms with Gasteiger partial charge >= 0.3 is 5.97 Å². The zero-order valence-electron chi connectivity index (χ0n) is 10.4. The summed E-state index contributed by atoms with van der Waals surface area (Å²) < 4.78 is 4.79. The van der Waals surface area contributed by atoms with Gasteiger partial charge in [0.2, 0.25) is 0 Å². The largest absolute Gasteiger partial charge is 0.456 e. The molecule has 0 aliphatic carbocycles. The van der Waals surface area contributed by atoms with Crippen LogP contribution in [0.2, 0.25) is 0 Å². The molecular formula is C14H11N3O2S. The highest BCUT2D eigenvalue weighted by atomic mass is 32.1. The average molecular weight is 285 g/mol. The van der Waals surface area contributed by atoms with Crippen LogP contribution in [-0.2, 0) is 9.53 Å². The lowest BCUT2D eigenvalue weighted by Gasteiger charge is -2.11. The molecule has 0 unspecified atom stereocenters. The zero-order chi connectivity index (χ0) is 13.9. The first-order valence-corrected chi connectivity index (χ1v) is 6.42. The van der Waals surface area contributed by atoms with Crippen LogP contribution in [0.4, 0.5) is 5.82 Å². The monoisotopic (exact) mass is 285 g/mol. The van der Waals surface area contributed by atoms with Crippen molar-refractivity contribution in [1.29, 1.82) is 0 Å². The van der Waals surface area contributed by atoms with Gasteiger partial charge in [0, 0.05) is 17.7 Å². The van der Waals surface area contributed by atoms with E-state index < -0.39 is 0 Å². The van der Waals surface area contributed by atoms with Crippen molar-refractivity contribution in [2.45, 2.75) is 0 Å². The number of fused-ring (bicyclic) bond motifs is 1. The first kappa shape index (κ1) is 12.6. The molecule has 100 valence electrons. The van der Waals surface area contributed by atoms with E-state index >= 15 is 0 Å². The second-order valence-electron chi connectivity index (χ2n) is 4.24. The third kappa shape index (κ3) is 2.60. The Kier molecular flexibility index (Phi) is 3.30. The molecule has 1 aliphatic rings. The summed E-state index contributed by atoms with van der Waals surface area (Å²) in [6.07, 6.45) is 3.10. The van der Waals surface area contributed by atoms with Gasteiger partial charge in [0.15, 0.2) is 5.11 Å². The molecule has 20 heavy (non-hydrogen) atoms. The van der Waals surface area contributed by atoms with Gasteiger partial charge in [0.25, 0.3) is 0 Å². The minimum absolute atomic E-state index is 0.212. The molecule has 0 atom stereocenters. The topological polar surface area (TPSA) is 63.2 Å². The third-order valence-corrected chi connectivity index (χ3v) is 3.05. The highest BCUT2D eigenvalue weighted by Gasteiger charge is 2.14. The van der Waals surface area contributed by atoms with Crippen molar-refractivity contribution in [3.63, 3.8) is 0 Å². The van der Waals surface area contributed by atoms with E-state index in [4.69, 9.17) is 17.0 Å². The molecule has 0 spiro atoms. The number of ether oxygens (including phenoxy) is 1. The van der Waals surface area contributed by atoms with Gasteiger partial charge in [-0.1, -0.05) is 24.3 Å². The Morgan fingerprint density at radius 2 is 2.10 bits per heavy atom. The molecule has 1 aromatic carbocycles. The zero-order valence-corrected chi connectivity index (χ0v) is 11.2. The number of rotatable bonds is 2. The predicted octanol–water partition coefficient (Wildman–Crippen LogP) is 1.96. The second-order valence-corrected chi connectivity index (χ2v) is 4.65. The number of anilines is 1. The first-order valence-electron chi connectivity index (χ1n) is 6.01. The number of thiocarbonyl (C=S) groups is 1. The maximum absolute atomic E-state index is 11.0. The van der Waals surface area contributed by atoms with Crippen molar-refractivity contribution in [2.75, 3.05) is 11.9 Å². The third-order valence-electron chi connectivity index (χ3n) is 2.84. The molecule has 3 rings (SSSR count). The lowest BCUT2D eigenvalue weighted by molar-refractivity contribution is -0.134. The van der Waals surface area contributed by atoms with Crippen LogP contribution in [0, 0.1) is 0 Å². The van der Waals surface area contributed by atoms with Crippen LogP contribution in [0.1, 0.15) is 0 Å². The Balaban J connectivity index is 1.78. The summed E-state index contributed by atoms with van der Waals surface area (Å²) >= 11 is 5.20. The molecule has 0 bridgehead atoms. The maximum Gasteiger partial charge on any atom is 0.333 e. The van der Waals surface area contributed by atoms with E-state index in [9.17, 15) is 4.79 Å². The van der Waals surface area contributed by atoms with Crippen LogP contribution in [-0.4, -0.2) is 22.7 Å². The highest BCUT2D eigenvalue weighted by molar-refractivity contribution is 7.80. The number of carbonyl (C=O) groups is 1. The van der Waals surface area contributed by atoms with Gasteiger partial charge in [-0.3, -0.25) is 0 Å². The minimum Gasteiger partial charge on any atom is -0.456 e. The summed E-state index contributed by atoms with van der Waals surface area (Å²) in [5.74, 6) is 0.310. The normalized spacial score (nSPS) is 13.8. The molecule has 0 fully saturated rings. The van der Waals surface area contributed by atoms with E-state index in [0.29, 0.717) is 16.6 Å². The van der Waals surface area contributed by atoms with E-state index in [-0.39, 0.29) is 12.6 Å². The van der Waals surface area contributed by atoms with Gasteiger partial charge in [-0.25, -0.2) is 9.78 Å². The van der Waals surface area contributed by atoms with Crippen molar-refractivity contribution in [3.8, 4) is 0 Å². The summed E-state index contributed by atoms with van der Waals surface area (Å²) in [6.45, 7) is 0.212. The second kappa shape index (κ2) is 5.26. The molecule has 0 saturated heterocycles. The van der Waals surface area contributed by atoms with Gasteiger partial charge in [-0.15, -0.1) is 0 Å². The van der Waals surface area contributed by atoms with Crippen LogP contribution in [0.25, 0.3) is 10.8 Å². The molecule has 6 heteroatoms. The average Bonchev–Trinajstić information content (AvgIpc) is 2.84. The molecule has 2 heterocycles. The molecule has 0 amide bonds. The van der Waals surface area contributed by atoms with E-state index in [1.807, 2.05) is 30.3 Å². The molecule has 0 radical (unpaired) electrons. The number of nitrogens with one attached hydrogen (secondary N) is 2. The summed E-state index contributed by atoms with van der Waals surface area (Å²) in [5, 5.41) is 8.37. The quantitative estimate of drug-likeness (QED) is 0.649. The molecule has 2 N–H and O–H groups in total. The van der Waals surface area contributed by atoms with Gasteiger partial charge in [0.05, 0.1) is 5.70 Å². The van der Waals surface area contributed by atoms with Crippen molar-refractivity contribution in [2.24, 2.45) is 0 Å². The first-order chi connectivity index (χ1) is 9.72. The molecule has 2 aromatic rings. The molecule has 1 aromatic heterocycles. The van der Waals surface area contributed by atoms with Gasteiger partial charge in [0.1, 0.15) is 12.4 Å². The van der Waals surface area contributed by atoms with Crippen LogP contribution in [0.15, 0.2) is 48.3 Å². The SMILES string of the molecule is O=C1C=C(NC(=S)Nc2nccc3ccccc23)CO1. The fourth-order valence-corrected chi connectivity index (χ4v) is 2.18. The summed E-state index contributed by atoms with van der Waals surface area (Å²) in [5.41, 5.74) is 0.632. The van der Waals surface area contributed by atoms with E-state index in [1.165, 1.54) is 6.08 Å². The summed E-state index contributed by atoms with van der Waals surface area (Å²) in [4.78, 5) is 15.2. The van der Waals surface area contributed by atoms with Crippen molar-refractivity contribution < 1.29 is 9.53 Å². The van der Waals surface area contributed by atoms with Gasteiger partial charge in [-0.2, -0.15) is 0 Å². The minimum atomic E-state index is -0.362. The maximum atomic E-state index is 11.0. The number of cyclic esters (lactones) is 1. The lowest BCUT2D eigenvalue weighted by atomic mass is 10.1. The smallest absolute Gasteiger partial charge is 0.333 e. The Labute approximate surface area is 120 Å². The number of pyridine rings is 1. The van der Waals surface area contributed by atoms with Gasteiger partial charge < -0.3 is 15.4 Å². The lowest BCUT2D eigenvalue weighted by Crippen LogP contribution is -2.28. The Morgan fingerprint density at radius 1 is 1.25 bits per heavy atom. The number of hydrogen-bond acceptors (Lipinski definition) is 4. The number of esters is 1. The standard InChI is InChI=1S/C14H11N3O2S/c18-12-7-10(8-19-12)16-14(20)17-13-11-4-2-1-3-9(11)5-6-15-13/h1-7H,8H2,(H2,15,16,17,20). The van der Waals surface area contributed by atoms with Crippen molar-refractivity contribution in [1.82, 2.24) is 10.3 Å². The molecule has 5 nitrogen and oxygen atoms in total. The predicted molar refractivity (Wildman–Crippen MR) is 80.1 cm³/mol. The number of benzene rings is 1. The fourth-order valence-electron chi connectivity index (χ4n) is 1.95. The van der Waals surface area contributed by atoms with Crippen LogP contribution in [0.5, 0.6) is 0 Å². The number of hydrogen-bond donors (Lipinski definition) is 2. The highest BCUT2D eigenvalue weighted by Crippen LogP contribution is 2.20. The molecule has 0 saturated carbocycles. The van der Waals surface area contributed by atoms with Gasteiger partial charge in [-0.05, 0) is 23.7 Å². The fraction of sp³-hybridized carbons (Fsp3) is 0.0714. The van der Waals surface area contributed by atoms with E-state index in [2.05, 4.69) is 15.6 Å². The van der Waals surface area contributed by atoms with Crippen molar-refractivity contribution >= 4 is 39.9 Å². The number of carbonyl (C=O) groups excluding carboxylic acids is 1. The van der Waals surface area contributed by atoms with Crippen LogP contribution < -0.4 is 10.6 Å². The van der Waals surface area contributed by atoms with Crippen LogP contribution >= 0.6 is 12.2 Å². The molecule has 1 aliphatic heterocycles. The van der Waals surface area contributed by atoms with Crippen molar-refractivity contribution in [3.05, 3.63) is 48.3 Å². The van der Waals surface area contributed by atoms with E-state index in [0.717, 1.165) is 10.8 Å². The van der Waals surface area contributed by atoms with E-state index in [1.54, 1.807) is 6.20 Å². The Hall–Kier alpha value is -2.47. The molecular weight excluding hydrogens is 274 g/mol. The Bertz CT molecular complexity index is 722. The Morgan fingerprint density at radius 3 is 2.90 bits per heavy atom.